The van der Waals surface area contributed by atoms with Gasteiger partial charge in [0.1, 0.15) is 5.75 Å². The lowest BCUT2D eigenvalue weighted by molar-refractivity contribution is -0.110. The molecule has 0 bridgehead atoms. The Hall–Kier alpha value is -3.46. The number of rotatable bonds is 12. The summed E-state index contributed by atoms with van der Waals surface area (Å²) < 4.78 is 5.57. The maximum absolute atomic E-state index is 12.5. The molecular weight excluding hydrogens is 404 g/mol. The van der Waals surface area contributed by atoms with Gasteiger partial charge >= 0.3 is 0 Å². The number of ether oxygens (including phenoxy) is 1. The molecule has 158 valence electrons. The molecule has 2 aromatic carbocycles. The number of ketones is 1. The molecule has 0 aromatic heterocycles. The van der Waals surface area contributed by atoms with Crippen molar-refractivity contribution in [3.63, 3.8) is 0 Å². The molecular formula is C21H24N4O4S. The molecule has 0 saturated heterocycles. The van der Waals surface area contributed by atoms with E-state index in [0.717, 1.165) is 5.69 Å². The van der Waals surface area contributed by atoms with Crippen LogP contribution in [0.25, 0.3) is 0 Å². The summed E-state index contributed by atoms with van der Waals surface area (Å²) >= 11 is 4.98. The van der Waals surface area contributed by atoms with E-state index in [0.29, 0.717) is 47.8 Å². The number of hydrogen-bond acceptors (Lipinski definition) is 6. The molecule has 2 amide bonds. The van der Waals surface area contributed by atoms with E-state index in [2.05, 4.69) is 21.5 Å². The molecule has 0 unspecified atom stereocenters. The molecule has 0 fully saturated rings. The van der Waals surface area contributed by atoms with Gasteiger partial charge in [0.15, 0.2) is 6.61 Å². The molecule has 0 heterocycles. The predicted molar refractivity (Wildman–Crippen MR) is 119 cm³/mol. The fourth-order valence-electron chi connectivity index (χ4n) is 2.56. The first-order valence-electron chi connectivity index (χ1n) is 9.40. The van der Waals surface area contributed by atoms with Gasteiger partial charge in [-0.15, -0.1) is 0 Å². The Morgan fingerprint density at radius 2 is 1.83 bits per heavy atom. The maximum Gasteiger partial charge on any atom is 0.251 e. The molecule has 2 aromatic rings. The number of hydrazine groups is 1. The topological polar surface area (TPSA) is 109 Å². The van der Waals surface area contributed by atoms with E-state index in [4.69, 9.17) is 17.0 Å². The van der Waals surface area contributed by atoms with Crippen LogP contribution in [0.5, 0.6) is 5.75 Å². The average molecular weight is 429 g/mol. The molecule has 0 saturated carbocycles. The lowest BCUT2D eigenvalue weighted by Crippen LogP contribution is -2.37. The maximum atomic E-state index is 12.5. The summed E-state index contributed by atoms with van der Waals surface area (Å²) in [5, 5.41) is 5.89. The lowest BCUT2D eigenvalue weighted by atomic mass is 10.1. The second-order valence-corrected chi connectivity index (χ2v) is 6.62. The van der Waals surface area contributed by atoms with Crippen molar-refractivity contribution in [2.45, 2.75) is 13.3 Å². The smallest absolute Gasteiger partial charge is 0.251 e. The number of nitrogens with one attached hydrogen (secondary N) is 4. The van der Waals surface area contributed by atoms with Crippen molar-refractivity contribution >= 4 is 41.0 Å². The van der Waals surface area contributed by atoms with Crippen LogP contribution in [0.1, 0.15) is 34.1 Å². The third-order valence-corrected chi connectivity index (χ3v) is 4.30. The standard InChI is InChI=1S/C21H24N4O4S/c1-2-22-18-6-4-3-5-17(18)19(27)13-29-16-9-7-15(8-10-16)21(28)23-12-11-20(30)25-24-14-26/h3-10,14,22H,2,11-13H2,1H3,(H,23,28)(H,24,26)(H,25,30). The molecule has 9 heteroatoms. The van der Waals surface area contributed by atoms with Gasteiger partial charge in [0.25, 0.3) is 5.91 Å². The van der Waals surface area contributed by atoms with E-state index < -0.39 is 0 Å². The van der Waals surface area contributed by atoms with Crippen molar-refractivity contribution in [2.75, 3.05) is 25.0 Å². The van der Waals surface area contributed by atoms with Crippen LogP contribution in [0.4, 0.5) is 5.69 Å². The zero-order chi connectivity index (χ0) is 21.8. The summed E-state index contributed by atoms with van der Waals surface area (Å²) in [5.41, 5.74) is 6.56. The number of benzene rings is 2. The van der Waals surface area contributed by atoms with Gasteiger partial charge in [-0.1, -0.05) is 24.4 Å². The van der Waals surface area contributed by atoms with E-state index >= 15 is 0 Å². The largest absolute Gasteiger partial charge is 0.485 e. The summed E-state index contributed by atoms with van der Waals surface area (Å²) in [6, 6.07) is 13.8. The van der Waals surface area contributed by atoms with Gasteiger partial charge in [-0.2, -0.15) is 0 Å². The molecule has 8 nitrogen and oxygen atoms in total. The Balaban J connectivity index is 1.83. The van der Waals surface area contributed by atoms with E-state index in [1.165, 1.54) is 0 Å². The van der Waals surface area contributed by atoms with Gasteiger partial charge < -0.3 is 15.4 Å². The number of carbonyl (C=O) groups is 3. The lowest BCUT2D eigenvalue weighted by Gasteiger charge is -2.11. The van der Waals surface area contributed by atoms with Crippen LogP contribution in [0.15, 0.2) is 48.5 Å². The summed E-state index contributed by atoms with van der Waals surface area (Å²) in [5.74, 6) is 0.0940. The van der Waals surface area contributed by atoms with Gasteiger partial charge in [-0.05, 0) is 43.3 Å². The van der Waals surface area contributed by atoms with Crippen molar-refractivity contribution in [3.05, 3.63) is 59.7 Å². The molecule has 0 atom stereocenters. The van der Waals surface area contributed by atoms with Crippen LogP contribution in [-0.2, 0) is 4.79 Å². The molecule has 0 aliphatic rings. The fraction of sp³-hybridized carbons (Fsp3) is 0.238. The SMILES string of the molecule is CCNc1ccccc1C(=O)COc1ccc(C(=O)NCCC(=S)NNC=O)cc1. The monoisotopic (exact) mass is 428 g/mol. The highest BCUT2D eigenvalue weighted by Crippen LogP contribution is 2.17. The molecule has 2 rings (SSSR count). The normalized spacial score (nSPS) is 9.90. The second-order valence-electron chi connectivity index (χ2n) is 6.13. The molecule has 0 aliphatic carbocycles. The highest BCUT2D eigenvalue weighted by molar-refractivity contribution is 7.80. The highest BCUT2D eigenvalue weighted by atomic mass is 32.1. The third-order valence-electron chi connectivity index (χ3n) is 3.99. The Bertz CT molecular complexity index is 887. The Morgan fingerprint density at radius 3 is 2.53 bits per heavy atom. The Kier molecular flexibility index (Phi) is 9.26. The van der Waals surface area contributed by atoms with Crippen molar-refractivity contribution in [2.24, 2.45) is 0 Å². The number of Topliss-reactive ketones (excluding diaryl/α,β-unsaturated/α-hetero) is 1. The van der Waals surface area contributed by atoms with Crippen molar-refractivity contribution < 1.29 is 19.1 Å². The van der Waals surface area contributed by atoms with Gasteiger partial charge in [-0.3, -0.25) is 25.2 Å². The second kappa shape index (κ2) is 12.2. The average Bonchev–Trinajstić information content (AvgIpc) is 2.77. The number of para-hydroxylation sites is 1. The van der Waals surface area contributed by atoms with Crippen LogP contribution in [0.3, 0.4) is 0 Å². The molecule has 0 radical (unpaired) electrons. The van der Waals surface area contributed by atoms with Crippen molar-refractivity contribution in [3.8, 4) is 5.75 Å². The van der Waals surface area contributed by atoms with Crippen molar-refractivity contribution in [1.82, 2.24) is 16.2 Å². The molecule has 0 aliphatic heterocycles. The van der Waals surface area contributed by atoms with Gasteiger partial charge in [0.05, 0.1) is 4.99 Å². The van der Waals surface area contributed by atoms with Crippen LogP contribution in [0, 0.1) is 0 Å². The molecule has 0 spiro atoms. The molecule has 30 heavy (non-hydrogen) atoms. The number of carbonyl (C=O) groups excluding carboxylic acids is 3. The number of hydrogen-bond donors (Lipinski definition) is 4. The first kappa shape index (κ1) is 22.8. The van der Waals surface area contributed by atoms with Crippen LogP contribution < -0.4 is 26.2 Å². The van der Waals surface area contributed by atoms with E-state index in [1.54, 1.807) is 30.3 Å². The summed E-state index contributed by atoms with van der Waals surface area (Å²) in [6.45, 7) is 2.90. The van der Waals surface area contributed by atoms with E-state index in [9.17, 15) is 14.4 Å². The van der Waals surface area contributed by atoms with Crippen LogP contribution in [-0.4, -0.2) is 42.8 Å². The zero-order valence-corrected chi connectivity index (χ0v) is 17.4. The van der Waals surface area contributed by atoms with Crippen molar-refractivity contribution in [1.29, 1.82) is 0 Å². The van der Waals surface area contributed by atoms with E-state index in [-0.39, 0.29) is 18.3 Å². The van der Waals surface area contributed by atoms with Gasteiger partial charge in [0, 0.05) is 36.3 Å². The fourth-order valence-corrected chi connectivity index (χ4v) is 2.73. The predicted octanol–water partition coefficient (Wildman–Crippen LogP) is 2.08. The first-order valence-corrected chi connectivity index (χ1v) is 9.81. The van der Waals surface area contributed by atoms with Gasteiger partial charge in [0.2, 0.25) is 12.2 Å². The molecule has 4 N–H and O–H groups in total. The van der Waals surface area contributed by atoms with Crippen LogP contribution >= 0.6 is 12.2 Å². The first-order chi connectivity index (χ1) is 14.5. The minimum Gasteiger partial charge on any atom is -0.485 e. The third kappa shape index (κ3) is 7.17. The minimum atomic E-state index is -0.261. The highest BCUT2D eigenvalue weighted by Gasteiger charge is 2.12. The summed E-state index contributed by atoms with van der Waals surface area (Å²) in [7, 11) is 0. The van der Waals surface area contributed by atoms with Crippen LogP contribution in [0.2, 0.25) is 0 Å². The quantitative estimate of drug-likeness (QED) is 0.177. The Morgan fingerprint density at radius 1 is 1.10 bits per heavy atom. The number of thiocarbonyl (C=S) groups is 1. The summed E-state index contributed by atoms with van der Waals surface area (Å²) in [6.07, 6.45) is 0.864. The summed E-state index contributed by atoms with van der Waals surface area (Å²) in [4.78, 5) is 35.2. The van der Waals surface area contributed by atoms with Gasteiger partial charge in [-0.25, -0.2) is 0 Å². The number of amides is 2. The van der Waals surface area contributed by atoms with E-state index in [1.807, 2.05) is 25.1 Å². The minimum absolute atomic E-state index is 0.104. The number of anilines is 1. The zero-order valence-electron chi connectivity index (χ0n) is 16.6. The Labute approximate surface area is 180 Å².